The van der Waals surface area contributed by atoms with Crippen LogP contribution in [0.15, 0.2) is 47.3 Å². The van der Waals surface area contributed by atoms with Crippen LogP contribution in [0.1, 0.15) is 27.8 Å². The Labute approximate surface area is 152 Å². The van der Waals surface area contributed by atoms with E-state index < -0.39 is 30.0 Å². The lowest BCUT2D eigenvalue weighted by atomic mass is 10.1. The van der Waals surface area contributed by atoms with Crippen molar-refractivity contribution in [3.05, 3.63) is 75.7 Å². The maximum Gasteiger partial charge on any atom is 0.359 e. The maximum atomic E-state index is 13.2. The van der Waals surface area contributed by atoms with Crippen molar-refractivity contribution < 1.29 is 23.1 Å². The molecule has 3 aromatic rings. The van der Waals surface area contributed by atoms with Crippen molar-refractivity contribution in [1.29, 1.82) is 0 Å². The molecule has 0 amide bonds. The minimum Gasteiger partial charge on any atom is -0.452 e. The van der Waals surface area contributed by atoms with Gasteiger partial charge < -0.3 is 4.74 Å². The van der Waals surface area contributed by atoms with Gasteiger partial charge in [0.2, 0.25) is 0 Å². The highest BCUT2D eigenvalue weighted by Crippen LogP contribution is 2.15. The number of ether oxygens (including phenoxy) is 1. The van der Waals surface area contributed by atoms with E-state index in [0.29, 0.717) is 10.8 Å². The van der Waals surface area contributed by atoms with Gasteiger partial charge in [-0.1, -0.05) is 18.2 Å². The lowest BCUT2D eigenvalue weighted by Crippen LogP contribution is -2.26. The Morgan fingerprint density at radius 3 is 2.44 bits per heavy atom. The van der Waals surface area contributed by atoms with Crippen LogP contribution in [-0.4, -0.2) is 28.1 Å². The number of halogens is 2. The zero-order chi connectivity index (χ0) is 19.6. The first-order valence-corrected chi connectivity index (χ1v) is 8.07. The number of hydrogen-bond acceptors (Lipinski definition) is 5. The lowest BCUT2D eigenvalue weighted by molar-refractivity contribution is 0.0468. The van der Waals surface area contributed by atoms with Crippen molar-refractivity contribution in [2.24, 2.45) is 0 Å². The Kier molecular flexibility index (Phi) is 5.07. The van der Waals surface area contributed by atoms with E-state index in [4.69, 9.17) is 4.74 Å². The molecule has 0 spiro atoms. The number of aryl methyl sites for hydroxylation is 1. The summed E-state index contributed by atoms with van der Waals surface area (Å²) in [6, 6.07) is 9.06. The number of nitrogens with zero attached hydrogens (tertiary/aromatic N) is 2. The molecule has 0 unspecified atom stereocenters. The van der Waals surface area contributed by atoms with Crippen LogP contribution in [0.25, 0.3) is 10.8 Å². The van der Waals surface area contributed by atoms with Gasteiger partial charge in [0.25, 0.3) is 5.56 Å². The summed E-state index contributed by atoms with van der Waals surface area (Å²) >= 11 is 0. The number of Topliss-reactive ketones (excluding diaryl/α,β-unsaturated/α-hetero) is 1. The first-order valence-electron chi connectivity index (χ1n) is 8.07. The summed E-state index contributed by atoms with van der Waals surface area (Å²) in [7, 11) is 0. The molecule has 6 nitrogen and oxygen atoms in total. The number of esters is 1. The van der Waals surface area contributed by atoms with Crippen LogP contribution < -0.4 is 5.56 Å². The number of ketones is 1. The van der Waals surface area contributed by atoms with Crippen LogP contribution in [-0.2, 0) is 11.3 Å². The molecule has 0 N–H and O–H groups in total. The standard InChI is InChI=1S/C19H14F2N2O4/c1-2-23-18(25)13-6-4-3-5-12(13)17(22-23)19(26)27-10-16(24)11-7-8-14(20)15(21)9-11/h3-9H,2,10H2,1H3. The van der Waals surface area contributed by atoms with Gasteiger partial charge in [-0.3, -0.25) is 9.59 Å². The molecule has 0 aliphatic heterocycles. The number of benzene rings is 2. The number of carbonyl (C=O) groups excluding carboxylic acids is 2. The van der Waals surface area contributed by atoms with Crippen LogP contribution in [0.5, 0.6) is 0 Å². The van der Waals surface area contributed by atoms with Gasteiger partial charge in [0.05, 0.1) is 5.39 Å². The summed E-state index contributed by atoms with van der Waals surface area (Å²) in [4.78, 5) is 36.7. The summed E-state index contributed by atoms with van der Waals surface area (Å²) in [6.45, 7) is 1.27. The molecular weight excluding hydrogens is 358 g/mol. The topological polar surface area (TPSA) is 78.3 Å². The monoisotopic (exact) mass is 372 g/mol. The third kappa shape index (κ3) is 3.59. The Morgan fingerprint density at radius 1 is 1.07 bits per heavy atom. The molecule has 8 heteroatoms. The zero-order valence-electron chi connectivity index (χ0n) is 14.2. The molecule has 0 aliphatic rings. The van der Waals surface area contributed by atoms with E-state index in [2.05, 4.69) is 5.10 Å². The third-order valence-corrected chi connectivity index (χ3v) is 3.94. The number of aromatic nitrogens is 2. The second-order valence-electron chi connectivity index (χ2n) is 5.64. The Hall–Kier alpha value is -3.42. The number of carbonyl (C=O) groups is 2. The third-order valence-electron chi connectivity index (χ3n) is 3.94. The van der Waals surface area contributed by atoms with Crippen molar-refractivity contribution in [1.82, 2.24) is 9.78 Å². The van der Waals surface area contributed by atoms with Crippen molar-refractivity contribution in [3.63, 3.8) is 0 Å². The Bertz CT molecular complexity index is 1110. The number of hydrogen-bond donors (Lipinski definition) is 0. The van der Waals surface area contributed by atoms with E-state index in [1.807, 2.05) is 0 Å². The predicted molar refractivity (Wildman–Crippen MR) is 92.6 cm³/mol. The van der Waals surface area contributed by atoms with Gasteiger partial charge in [-0.05, 0) is 31.2 Å². The zero-order valence-corrected chi connectivity index (χ0v) is 14.2. The smallest absolute Gasteiger partial charge is 0.359 e. The van der Waals surface area contributed by atoms with Gasteiger partial charge in [-0.2, -0.15) is 5.10 Å². The highest BCUT2D eigenvalue weighted by molar-refractivity contribution is 6.04. The lowest BCUT2D eigenvalue weighted by Gasteiger charge is -2.09. The maximum absolute atomic E-state index is 13.2. The van der Waals surface area contributed by atoms with E-state index in [-0.39, 0.29) is 23.4 Å². The minimum absolute atomic E-state index is 0.106. The molecule has 2 aromatic carbocycles. The van der Waals surface area contributed by atoms with Crippen molar-refractivity contribution >= 4 is 22.5 Å². The molecule has 0 radical (unpaired) electrons. The molecule has 0 saturated heterocycles. The molecular formula is C19H14F2N2O4. The van der Waals surface area contributed by atoms with Gasteiger partial charge in [0.15, 0.2) is 29.7 Å². The summed E-state index contributed by atoms with van der Waals surface area (Å²) in [5.74, 6) is -3.85. The largest absolute Gasteiger partial charge is 0.452 e. The van der Waals surface area contributed by atoms with Gasteiger partial charge in [-0.15, -0.1) is 0 Å². The SMILES string of the molecule is CCn1nc(C(=O)OCC(=O)c2ccc(F)c(F)c2)c2ccccc2c1=O. The summed E-state index contributed by atoms with van der Waals surface area (Å²) in [5.41, 5.74) is -0.578. The molecule has 0 saturated carbocycles. The van der Waals surface area contributed by atoms with Crippen LogP contribution >= 0.6 is 0 Å². The number of rotatable bonds is 5. The quantitative estimate of drug-likeness (QED) is 0.508. The van der Waals surface area contributed by atoms with Gasteiger partial charge in [-0.25, -0.2) is 18.3 Å². The molecule has 3 rings (SSSR count). The van der Waals surface area contributed by atoms with E-state index >= 15 is 0 Å². The van der Waals surface area contributed by atoms with Gasteiger partial charge >= 0.3 is 5.97 Å². The molecule has 1 heterocycles. The highest BCUT2D eigenvalue weighted by Gasteiger charge is 2.19. The van der Waals surface area contributed by atoms with Crippen LogP contribution in [0.2, 0.25) is 0 Å². The fourth-order valence-electron chi connectivity index (χ4n) is 2.55. The van der Waals surface area contributed by atoms with Crippen molar-refractivity contribution in [2.75, 3.05) is 6.61 Å². The summed E-state index contributed by atoms with van der Waals surface area (Å²) in [6.07, 6.45) is 0. The molecule has 0 bridgehead atoms. The number of fused-ring (bicyclic) bond motifs is 1. The average Bonchev–Trinajstić information content (AvgIpc) is 2.68. The van der Waals surface area contributed by atoms with E-state index in [0.717, 1.165) is 22.9 Å². The van der Waals surface area contributed by atoms with Crippen LogP contribution in [0, 0.1) is 11.6 Å². The molecule has 0 aliphatic carbocycles. The fourth-order valence-corrected chi connectivity index (χ4v) is 2.55. The molecule has 1 aromatic heterocycles. The molecule has 0 atom stereocenters. The Balaban J connectivity index is 1.86. The van der Waals surface area contributed by atoms with Gasteiger partial charge in [0, 0.05) is 17.5 Å². The first kappa shape index (κ1) is 18.4. The van der Waals surface area contributed by atoms with Crippen molar-refractivity contribution in [2.45, 2.75) is 13.5 Å². The second-order valence-corrected chi connectivity index (χ2v) is 5.64. The van der Waals surface area contributed by atoms with Crippen LogP contribution in [0.4, 0.5) is 8.78 Å². The van der Waals surface area contributed by atoms with Crippen LogP contribution in [0.3, 0.4) is 0 Å². The average molecular weight is 372 g/mol. The molecule has 0 fully saturated rings. The predicted octanol–water partition coefficient (Wildman–Crippen LogP) is 2.73. The second kappa shape index (κ2) is 7.45. The fraction of sp³-hybridized carbons (Fsp3) is 0.158. The Morgan fingerprint density at radius 2 is 1.78 bits per heavy atom. The van der Waals surface area contributed by atoms with E-state index in [1.165, 1.54) is 0 Å². The molecule has 27 heavy (non-hydrogen) atoms. The normalized spacial score (nSPS) is 10.8. The van der Waals surface area contributed by atoms with E-state index in [1.54, 1.807) is 31.2 Å². The van der Waals surface area contributed by atoms with E-state index in [9.17, 15) is 23.2 Å². The molecule has 138 valence electrons. The van der Waals surface area contributed by atoms with Crippen molar-refractivity contribution in [3.8, 4) is 0 Å². The highest BCUT2D eigenvalue weighted by atomic mass is 19.2. The summed E-state index contributed by atoms with van der Waals surface area (Å²) in [5, 5.41) is 4.61. The first-order chi connectivity index (χ1) is 12.9. The van der Waals surface area contributed by atoms with Gasteiger partial charge in [0.1, 0.15) is 0 Å². The summed E-state index contributed by atoms with van der Waals surface area (Å²) < 4.78 is 32.3. The minimum atomic E-state index is -1.17.